The summed E-state index contributed by atoms with van der Waals surface area (Å²) < 4.78 is 0. The maximum absolute atomic E-state index is 3.61. The highest BCUT2D eigenvalue weighted by molar-refractivity contribution is 5.05. The van der Waals surface area contributed by atoms with Crippen molar-refractivity contribution in [1.82, 2.24) is 5.32 Å². The van der Waals surface area contributed by atoms with Gasteiger partial charge >= 0.3 is 0 Å². The summed E-state index contributed by atoms with van der Waals surface area (Å²) in [6, 6.07) is 0. The summed E-state index contributed by atoms with van der Waals surface area (Å²) in [6.07, 6.45) is 7.36. The van der Waals surface area contributed by atoms with Gasteiger partial charge in [-0.05, 0) is 49.0 Å². The Labute approximate surface area is 95.0 Å². The van der Waals surface area contributed by atoms with Crippen molar-refractivity contribution in [2.24, 2.45) is 23.2 Å². The molecule has 88 valence electrons. The van der Waals surface area contributed by atoms with Gasteiger partial charge in [0, 0.05) is 6.54 Å². The van der Waals surface area contributed by atoms with Crippen LogP contribution in [0.1, 0.15) is 52.9 Å². The van der Waals surface area contributed by atoms with E-state index in [1.165, 1.54) is 32.2 Å². The summed E-state index contributed by atoms with van der Waals surface area (Å²) in [5.74, 6) is 3.15. The molecule has 2 rings (SSSR count). The minimum absolute atomic E-state index is 0.666. The minimum Gasteiger partial charge on any atom is -0.316 e. The Morgan fingerprint density at radius 2 is 1.93 bits per heavy atom. The SMILES string of the molecule is CCCC(C)C1(CNCC)CC2CC2C1. The second-order valence-electron chi connectivity index (χ2n) is 6.00. The topological polar surface area (TPSA) is 12.0 Å². The number of hydrogen-bond acceptors (Lipinski definition) is 1. The van der Waals surface area contributed by atoms with E-state index in [1.54, 1.807) is 6.42 Å². The molecule has 0 aromatic heterocycles. The van der Waals surface area contributed by atoms with Crippen molar-refractivity contribution in [3.63, 3.8) is 0 Å². The zero-order valence-corrected chi connectivity index (χ0v) is 10.7. The van der Waals surface area contributed by atoms with Crippen LogP contribution in [-0.2, 0) is 0 Å². The van der Waals surface area contributed by atoms with Crippen LogP contribution in [0.3, 0.4) is 0 Å². The van der Waals surface area contributed by atoms with E-state index >= 15 is 0 Å². The molecule has 3 atom stereocenters. The van der Waals surface area contributed by atoms with Crippen molar-refractivity contribution in [3.05, 3.63) is 0 Å². The summed E-state index contributed by atoms with van der Waals surface area (Å²) in [5, 5.41) is 3.61. The van der Waals surface area contributed by atoms with E-state index in [-0.39, 0.29) is 0 Å². The summed E-state index contributed by atoms with van der Waals surface area (Å²) >= 11 is 0. The van der Waals surface area contributed by atoms with Gasteiger partial charge in [-0.3, -0.25) is 0 Å². The fraction of sp³-hybridized carbons (Fsp3) is 1.00. The highest BCUT2D eigenvalue weighted by atomic mass is 14.9. The first-order valence-corrected chi connectivity index (χ1v) is 6.92. The van der Waals surface area contributed by atoms with Gasteiger partial charge in [0.1, 0.15) is 0 Å². The highest BCUT2D eigenvalue weighted by Gasteiger charge is 2.54. The molecule has 0 radical (unpaired) electrons. The van der Waals surface area contributed by atoms with Crippen LogP contribution < -0.4 is 5.32 Å². The Morgan fingerprint density at radius 1 is 1.27 bits per heavy atom. The predicted octanol–water partition coefficient (Wildman–Crippen LogP) is 3.45. The Hall–Kier alpha value is -0.0400. The van der Waals surface area contributed by atoms with Gasteiger partial charge in [0.15, 0.2) is 0 Å². The van der Waals surface area contributed by atoms with Gasteiger partial charge in [-0.2, -0.15) is 0 Å². The van der Waals surface area contributed by atoms with E-state index in [4.69, 9.17) is 0 Å². The summed E-state index contributed by atoms with van der Waals surface area (Å²) in [4.78, 5) is 0. The first kappa shape index (κ1) is 11.4. The minimum atomic E-state index is 0.666. The van der Waals surface area contributed by atoms with Crippen molar-refractivity contribution in [3.8, 4) is 0 Å². The maximum atomic E-state index is 3.61. The van der Waals surface area contributed by atoms with Crippen LogP contribution >= 0.6 is 0 Å². The van der Waals surface area contributed by atoms with Crippen molar-refractivity contribution in [1.29, 1.82) is 0 Å². The molecule has 15 heavy (non-hydrogen) atoms. The lowest BCUT2D eigenvalue weighted by Crippen LogP contribution is -2.38. The third kappa shape index (κ3) is 2.22. The van der Waals surface area contributed by atoms with Crippen molar-refractivity contribution in [2.75, 3.05) is 13.1 Å². The third-order valence-corrected chi connectivity index (χ3v) is 4.90. The second kappa shape index (κ2) is 4.45. The standard InChI is InChI=1S/C14H27N/c1-4-6-11(3)14(10-15-5-2)8-12-7-13(12)9-14/h11-13,15H,4-10H2,1-3H3. The third-order valence-electron chi connectivity index (χ3n) is 4.90. The lowest BCUT2D eigenvalue weighted by atomic mass is 9.71. The summed E-state index contributed by atoms with van der Waals surface area (Å²) in [6.45, 7) is 9.46. The van der Waals surface area contributed by atoms with Gasteiger partial charge < -0.3 is 5.32 Å². The summed E-state index contributed by atoms with van der Waals surface area (Å²) in [7, 11) is 0. The fourth-order valence-corrected chi connectivity index (χ4v) is 3.77. The number of hydrogen-bond donors (Lipinski definition) is 1. The molecular formula is C14H27N. The van der Waals surface area contributed by atoms with E-state index in [9.17, 15) is 0 Å². The van der Waals surface area contributed by atoms with Crippen LogP contribution in [0, 0.1) is 23.2 Å². The van der Waals surface area contributed by atoms with Gasteiger partial charge in [-0.25, -0.2) is 0 Å². The van der Waals surface area contributed by atoms with Crippen LogP contribution in [0.15, 0.2) is 0 Å². The zero-order valence-electron chi connectivity index (χ0n) is 10.7. The molecule has 1 N–H and O–H groups in total. The van der Waals surface area contributed by atoms with Gasteiger partial charge in [-0.1, -0.05) is 33.6 Å². The van der Waals surface area contributed by atoms with Crippen LogP contribution in [0.25, 0.3) is 0 Å². The smallest absolute Gasteiger partial charge is 0.00105 e. The molecule has 2 aliphatic rings. The normalized spacial score (nSPS) is 40.2. The predicted molar refractivity (Wildman–Crippen MR) is 65.9 cm³/mol. The zero-order chi connectivity index (χ0) is 10.9. The first-order valence-electron chi connectivity index (χ1n) is 6.92. The highest BCUT2D eigenvalue weighted by Crippen LogP contribution is 2.62. The Kier molecular flexibility index (Phi) is 3.39. The second-order valence-corrected chi connectivity index (χ2v) is 6.00. The molecule has 0 aliphatic heterocycles. The van der Waals surface area contributed by atoms with Gasteiger partial charge in [0.05, 0.1) is 0 Å². The van der Waals surface area contributed by atoms with Crippen LogP contribution in [0.2, 0.25) is 0 Å². The Morgan fingerprint density at radius 3 is 2.47 bits per heavy atom. The molecule has 1 heteroatoms. The first-order chi connectivity index (χ1) is 7.22. The molecule has 0 bridgehead atoms. The molecule has 0 saturated heterocycles. The lowest BCUT2D eigenvalue weighted by Gasteiger charge is -2.37. The Bertz CT molecular complexity index is 201. The van der Waals surface area contributed by atoms with E-state index in [0.717, 1.165) is 24.3 Å². The van der Waals surface area contributed by atoms with Crippen LogP contribution in [0.4, 0.5) is 0 Å². The fourth-order valence-electron chi connectivity index (χ4n) is 3.77. The number of rotatable bonds is 6. The van der Waals surface area contributed by atoms with E-state index < -0.39 is 0 Å². The van der Waals surface area contributed by atoms with Gasteiger partial charge in [-0.15, -0.1) is 0 Å². The molecule has 2 aliphatic carbocycles. The van der Waals surface area contributed by atoms with Crippen molar-refractivity contribution in [2.45, 2.75) is 52.9 Å². The number of fused-ring (bicyclic) bond motifs is 1. The van der Waals surface area contributed by atoms with Crippen molar-refractivity contribution >= 4 is 0 Å². The number of nitrogens with one attached hydrogen (secondary N) is 1. The summed E-state index contributed by atoms with van der Waals surface area (Å²) in [5.41, 5.74) is 0.666. The van der Waals surface area contributed by atoms with Crippen molar-refractivity contribution < 1.29 is 0 Å². The van der Waals surface area contributed by atoms with Crippen LogP contribution in [0.5, 0.6) is 0 Å². The Balaban J connectivity index is 1.95. The molecule has 1 nitrogen and oxygen atoms in total. The average molecular weight is 209 g/mol. The molecule has 2 saturated carbocycles. The largest absolute Gasteiger partial charge is 0.316 e. The average Bonchev–Trinajstić information content (AvgIpc) is 2.84. The molecular weight excluding hydrogens is 182 g/mol. The van der Waals surface area contributed by atoms with Gasteiger partial charge in [0.25, 0.3) is 0 Å². The monoisotopic (exact) mass is 209 g/mol. The van der Waals surface area contributed by atoms with Gasteiger partial charge in [0.2, 0.25) is 0 Å². The molecule has 2 fully saturated rings. The van der Waals surface area contributed by atoms with E-state index in [0.29, 0.717) is 5.41 Å². The quantitative estimate of drug-likeness (QED) is 0.706. The lowest BCUT2D eigenvalue weighted by molar-refractivity contribution is 0.145. The molecule has 0 spiro atoms. The molecule has 0 aromatic carbocycles. The molecule has 3 unspecified atom stereocenters. The van der Waals surface area contributed by atoms with E-state index in [2.05, 4.69) is 26.1 Å². The molecule has 0 aromatic rings. The molecule has 0 amide bonds. The molecule has 0 heterocycles. The van der Waals surface area contributed by atoms with Crippen LogP contribution in [-0.4, -0.2) is 13.1 Å². The maximum Gasteiger partial charge on any atom is 0.00105 e. The van der Waals surface area contributed by atoms with E-state index in [1.807, 2.05) is 0 Å².